The molecule has 0 aliphatic carbocycles. The second-order valence-electron chi connectivity index (χ2n) is 7.99. The topological polar surface area (TPSA) is 89.9 Å². The van der Waals surface area contributed by atoms with Crippen molar-refractivity contribution in [1.82, 2.24) is 0 Å². The van der Waals surface area contributed by atoms with Crippen molar-refractivity contribution in [2.24, 2.45) is 0 Å². The molecule has 0 aromatic heterocycles. The van der Waals surface area contributed by atoms with Crippen LogP contribution in [0, 0.1) is 6.92 Å². The Balaban J connectivity index is 1.69. The second-order valence-corrected chi connectivity index (χ2v) is 9.61. The zero-order valence-corrected chi connectivity index (χ0v) is 19.8. The number of ether oxygens (including phenoxy) is 1. The summed E-state index contributed by atoms with van der Waals surface area (Å²) < 4.78 is 34.4. The normalized spacial score (nSPS) is 12.5. The van der Waals surface area contributed by atoms with Crippen LogP contribution in [0.5, 0.6) is 0 Å². The predicted octanol–water partition coefficient (Wildman–Crippen LogP) is 4.82. The lowest BCUT2D eigenvalue weighted by Crippen LogP contribution is -2.21. The summed E-state index contributed by atoms with van der Waals surface area (Å²) >= 11 is 0. The van der Waals surface area contributed by atoms with Crippen molar-refractivity contribution in [1.29, 1.82) is 0 Å². The highest BCUT2D eigenvalue weighted by Crippen LogP contribution is 2.14. The molecular weight excluding hydrogens is 428 g/mol. The molecule has 0 bridgehead atoms. The average Bonchev–Trinajstić information content (AvgIpc) is 2.78. The molecule has 32 heavy (non-hydrogen) atoms. The average molecular weight is 463 g/mol. The highest BCUT2D eigenvalue weighted by molar-refractivity contribution is 7.86. The number of esters is 1. The van der Waals surface area contributed by atoms with Crippen LogP contribution in [0.15, 0.2) is 53.4 Å². The van der Waals surface area contributed by atoms with Gasteiger partial charge in [-0.25, -0.2) is 4.79 Å². The van der Waals surface area contributed by atoms with Gasteiger partial charge in [0.15, 0.2) is 0 Å². The van der Waals surface area contributed by atoms with Gasteiger partial charge in [0, 0.05) is 6.42 Å². The van der Waals surface area contributed by atoms with Crippen LogP contribution < -0.4 is 0 Å². The minimum atomic E-state index is -3.94. The molecule has 0 aliphatic heterocycles. The number of unbranched alkanes of at least 4 members (excludes halogenated alkanes) is 4. The number of aliphatic hydroxyl groups is 1. The number of benzene rings is 2. The summed E-state index contributed by atoms with van der Waals surface area (Å²) in [5.41, 5.74) is 2.58. The van der Waals surface area contributed by atoms with Gasteiger partial charge in [0.2, 0.25) is 0 Å². The van der Waals surface area contributed by atoms with Crippen LogP contribution in [-0.4, -0.2) is 38.8 Å². The van der Waals surface area contributed by atoms with Gasteiger partial charge in [0.1, 0.15) is 0 Å². The summed E-state index contributed by atoms with van der Waals surface area (Å²) in [4.78, 5) is 12.2. The molecule has 0 fully saturated rings. The van der Waals surface area contributed by atoms with Crippen LogP contribution in [0.1, 0.15) is 66.9 Å². The largest absolute Gasteiger partial charge is 0.462 e. The fraction of sp³-hybridized carbons (Fsp3) is 0.480. The van der Waals surface area contributed by atoms with Crippen molar-refractivity contribution >= 4 is 16.1 Å². The molecule has 2 aromatic carbocycles. The SMILES string of the molecule is CCCCCCCc1ccc(C(=O)OCC[C@H](O)COS(=O)(=O)c2ccc(C)cc2)cc1. The molecule has 176 valence electrons. The standard InChI is InChI=1S/C25H34O6S/c1-3-4-5-6-7-8-21-11-13-22(14-12-21)25(27)30-18-17-23(26)19-31-32(28,29)24-15-9-20(2)10-16-24/h9-16,23,26H,3-8,17-19H2,1-2H3/t23-/m0/s1. The van der Waals surface area contributed by atoms with Crippen molar-refractivity contribution in [2.75, 3.05) is 13.2 Å². The van der Waals surface area contributed by atoms with E-state index in [1.54, 1.807) is 24.3 Å². The van der Waals surface area contributed by atoms with Crippen LogP contribution in [0.3, 0.4) is 0 Å². The molecule has 0 saturated heterocycles. The summed E-state index contributed by atoms with van der Waals surface area (Å²) in [7, 11) is -3.94. The van der Waals surface area contributed by atoms with E-state index in [1.165, 1.54) is 43.4 Å². The number of hydrogen-bond acceptors (Lipinski definition) is 6. The van der Waals surface area contributed by atoms with E-state index in [1.807, 2.05) is 19.1 Å². The molecule has 7 heteroatoms. The summed E-state index contributed by atoms with van der Waals surface area (Å²) in [6, 6.07) is 13.6. The predicted molar refractivity (Wildman–Crippen MR) is 124 cm³/mol. The fourth-order valence-corrected chi connectivity index (χ4v) is 4.08. The van der Waals surface area contributed by atoms with E-state index in [4.69, 9.17) is 8.92 Å². The lowest BCUT2D eigenvalue weighted by Gasteiger charge is -2.12. The Morgan fingerprint density at radius 1 is 0.969 bits per heavy atom. The van der Waals surface area contributed by atoms with Crippen LogP contribution in [0.4, 0.5) is 0 Å². The molecule has 0 spiro atoms. The maximum Gasteiger partial charge on any atom is 0.338 e. The van der Waals surface area contributed by atoms with Crippen molar-refractivity contribution in [2.45, 2.75) is 69.8 Å². The first-order chi connectivity index (χ1) is 15.3. The van der Waals surface area contributed by atoms with Gasteiger partial charge in [-0.3, -0.25) is 4.18 Å². The molecule has 0 aliphatic rings. The van der Waals surface area contributed by atoms with Crippen molar-refractivity contribution < 1.29 is 27.2 Å². The third-order valence-corrected chi connectivity index (χ3v) is 6.46. The Morgan fingerprint density at radius 2 is 1.62 bits per heavy atom. The van der Waals surface area contributed by atoms with E-state index in [2.05, 4.69) is 6.92 Å². The molecule has 0 unspecified atom stereocenters. The van der Waals surface area contributed by atoms with E-state index in [0.29, 0.717) is 5.56 Å². The van der Waals surface area contributed by atoms with Crippen LogP contribution >= 0.6 is 0 Å². The smallest absolute Gasteiger partial charge is 0.338 e. The van der Waals surface area contributed by atoms with Gasteiger partial charge in [0.25, 0.3) is 10.1 Å². The molecule has 0 amide bonds. The van der Waals surface area contributed by atoms with Crippen LogP contribution in [0.2, 0.25) is 0 Å². The molecular formula is C25H34O6S. The maximum absolute atomic E-state index is 12.2. The van der Waals surface area contributed by atoms with Crippen molar-refractivity contribution in [3.63, 3.8) is 0 Å². The third-order valence-electron chi connectivity index (χ3n) is 5.17. The van der Waals surface area contributed by atoms with Crippen molar-refractivity contribution in [3.8, 4) is 0 Å². The molecule has 6 nitrogen and oxygen atoms in total. The Bertz CT molecular complexity index is 920. The summed E-state index contributed by atoms with van der Waals surface area (Å²) in [6.45, 7) is 3.61. The third kappa shape index (κ3) is 9.10. The molecule has 2 rings (SSSR count). The van der Waals surface area contributed by atoms with Gasteiger partial charge in [-0.05, 0) is 49.6 Å². The summed E-state index contributed by atoms with van der Waals surface area (Å²) in [5.74, 6) is -0.472. The zero-order valence-electron chi connectivity index (χ0n) is 19.0. The minimum absolute atomic E-state index is 0.0335. The molecule has 0 heterocycles. The number of carbonyl (C=O) groups excluding carboxylic acids is 1. The number of carbonyl (C=O) groups is 1. The zero-order chi connectivity index (χ0) is 23.4. The number of aryl methyl sites for hydroxylation is 2. The van der Waals surface area contributed by atoms with Gasteiger partial charge < -0.3 is 9.84 Å². The summed E-state index contributed by atoms with van der Waals surface area (Å²) in [6.07, 6.45) is 6.12. The first-order valence-electron chi connectivity index (χ1n) is 11.2. The molecule has 0 saturated carbocycles. The monoisotopic (exact) mass is 462 g/mol. The second kappa shape index (κ2) is 13.4. The Morgan fingerprint density at radius 3 is 2.28 bits per heavy atom. The fourth-order valence-electron chi connectivity index (χ4n) is 3.14. The van der Waals surface area contributed by atoms with Gasteiger partial charge in [-0.1, -0.05) is 62.4 Å². The van der Waals surface area contributed by atoms with E-state index in [-0.39, 0.29) is 17.9 Å². The Labute approximate surface area is 191 Å². The number of aliphatic hydroxyl groups excluding tert-OH is 1. The number of rotatable bonds is 14. The molecule has 1 atom stereocenters. The molecule has 1 N–H and O–H groups in total. The first kappa shape index (κ1) is 26.0. The lowest BCUT2D eigenvalue weighted by atomic mass is 10.0. The minimum Gasteiger partial charge on any atom is -0.462 e. The lowest BCUT2D eigenvalue weighted by molar-refractivity contribution is 0.0374. The first-order valence-corrected chi connectivity index (χ1v) is 12.6. The van der Waals surface area contributed by atoms with Gasteiger partial charge in [0.05, 0.1) is 29.8 Å². The van der Waals surface area contributed by atoms with Gasteiger partial charge in [-0.2, -0.15) is 8.42 Å². The van der Waals surface area contributed by atoms with E-state index in [9.17, 15) is 18.3 Å². The maximum atomic E-state index is 12.2. The Hall–Kier alpha value is -2.22. The summed E-state index contributed by atoms with van der Waals surface area (Å²) in [5, 5.41) is 9.98. The number of hydrogen-bond donors (Lipinski definition) is 1. The van der Waals surface area contributed by atoms with Gasteiger partial charge in [-0.15, -0.1) is 0 Å². The van der Waals surface area contributed by atoms with E-state index >= 15 is 0 Å². The van der Waals surface area contributed by atoms with Gasteiger partial charge >= 0.3 is 5.97 Å². The highest BCUT2D eigenvalue weighted by atomic mass is 32.2. The van der Waals surface area contributed by atoms with Crippen LogP contribution in [0.25, 0.3) is 0 Å². The highest BCUT2D eigenvalue weighted by Gasteiger charge is 2.18. The molecule has 0 radical (unpaired) electrons. The quantitative estimate of drug-likeness (QED) is 0.246. The van der Waals surface area contributed by atoms with E-state index < -0.39 is 28.8 Å². The Kier molecular flexibility index (Phi) is 10.9. The van der Waals surface area contributed by atoms with Crippen LogP contribution in [-0.2, 0) is 25.5 Å². The molecule has 2 aromatic rings. The van der Waals surface area contributed by atoms with Crippen molar-refractivity contribution in [3.05, 3.63) is 65.2 Å². The van der Waals surface area contributed by atoms with E-state index in [0.717, 1.165) is 18.4 Å².